The summed E-state index contributed by atoms with van der Waals surface area (Å²) in [5.41, 5.74) is 1.19. The van der Waals surface area contributed by atoms with Crippen LogP contribution in [-0.4, -0.2) is 61.8 Å². The van der Waals surface area contributed by atoms with Gasteiger partial charge in [-0.25, -0.2) is 4.99 Å². The molecular weight excluding hydrogens is 461 g/mol. The Labute approximate surface area is 179 Å². The molecule has 1 aromatic rings. The summed E-state index contributed by atoms with van der Waals surface area (Å²) in [5, 5.41) is 4.15. The van der Waals surface area contributed by atoms with E-state index in [1.165, 1.54) is 17.7 Å². The van der Waals surface area contributed by atoms with Crippen LogP contribution in [0.25, 0.3) is 0 Å². The van der Waals surface area contributed by atoms with Crippen molar-refractivity contribution in [3.05, 3.63) is 29.8 Å². The first-order valence-electron chi connectivity index (χ1n) is 9.12. The highest BCUT2D eigenvalue weighted by molar-refractivity contribution is 14.0. The van der Waals surface area contributed by atoms with Crippen LogP contribution >= 0.6 is 35.7 Å². The molecule has 2 rings (SSSR count). The summed E-state index contributed by atoms with van der Waals surface area (Å²) >= 11 is 2.08. The fourth-order valence-corrected chi connectivity index (χ4v) is 3.86. The van der Waals surface area contributed by atoms with Crippen LogP contribution in [-0.2, 0) is 11.3 Å². The first kappa shape index (κ1) is 23.4. The summed E-state index contributed by atoms with van der Waals surface area (Å²) in [4.78, 5) is 7.24. The number of guanidine groups is 1. The van der Waals surface area contributed by atoms with Crippen LogP contribution in [0.1, 0.15) is 25.8 Å². The Morgan fingerprint density at radius 3 is 2.69 bits per heavy atom. The third kappa shape index (κ3) is 7.92. The molecule has 1 atom stereocenters. The van der Waals surface area contributed by atoms with Gasteiger partial charge in [0.1, 0.15) is 12.4 Å². The first-order valence-corrected chi connectivity index (χ1v) is 10.2. The molecular formula is C19H32IN3O2S. The number of nitrogens with one attached hydrogen (secondary N) is 1. The lowest BCUT2D eigenvalue weighted by molar-refractivity contribution is 0.146. The van der Waals surface area contributed by atoms with Gasteiger partial charge >= 0.3 is 0 Å². The van der Waals surface area contributed by atoms with Gasteiger partial charge in [0.15, 0.2) is 5.96 Å². The number of hydrogen-bond donors (Lipinski definition) is 1. The number of ether oxygens (including phenoxy) is 2. The fraction of sp³-hybridized carbons (Fsp3) is 0.632. The van der Waals surface area contributed by atoms with Crippen molar-refractivity contribution in [1.82, 2.24) is 10.2 Å². The molecule has 0 bridgehead atoms. The molecule has 148 valence electrons. The van der Waals surface area contributed by atoms with Crippen molar-refractivity contribution in [1.29, 1.82) is 0 Å². The van der Waals surface area contributed by atoms with Crippen molar-refractivity contribution in [3.63, 3.8) is 0 Å². The van der Waals surface area contributed by atoms with E-state index in [-0.39, 0.29) is 24.0 Å². The zero-order valence-corrected chi connectivity index (χ0v) is 19.2. The second-order valence-corrected chi connectivity index (χ2v) is 7.41. The lowest BCUT2D eigenvalue weighted by Gasteiger charge is -2.34. The Kier molecular flexibility index (Phi) is 12.1. The van der Waals surface area contributed by atoms with Gasteiger partial charge in [0.05, 0.1) is 13.2 Å². The Morgan fingerprint density at radius 2 is 2.04 bits per heavy atom. The smallest absolute Gasteiger partial charge is 0.194 e. The molecule has 26 heavy (non-hydrogen) atoms. The van der Waals surface area contributed by atoms with Crippen molar-refractivity contribution in [2.24, 2.45) is 4.99 Å². The second kappa shape index (κ2) is 13.5. The van der Waals surface area contributed by atoms with Gasteiger partial charge in [0, 0.05) is 37.7 Å². The summed E-state index contributed by atoms with van der Waals surface area (Å²) in [6, 6.07) is 8.16. The zero-order chi connectivity index (χ0) is 17.9. The SMILES string of the molecule is CCNC(=NCc1ccc(OCCOC)cc1)N1CCSC(CC)C1.I. The Morgan fingerprint density at radius 1 is 1.27 bits per heavy atom. The summed E-state index contributed by atoms with van der Waals surface area (Å²) < 4.78 is 10.6. The minimum Gasteiger partial charge on any atom is -0.491 e. The number of rotatable bonds is 8. The number of hydrogen-bond acceptors (Lipinski definition) is 4. The fourth-order valence-electron chi connectivity index (χ4n) is 2.68. The summed E-state index contributed by atoms with van der Waals surface area (Å²) in [7, 11) is 1.68. The normalized spacial score (nSPS) is 17.6. The van der Waals surface area contributed by atoms with Crippen LogP contribution in [0.2, 0.25) is 0 Å². The number of methoxy groups -OCH3 is 1. The number of benzene rings is 1. The van der Waals surface area contributed by atoms with Crippen molar-refractivity contribution >= 4 is 41.7 Å². The zero-order valence-electron chi connectivity index (χ0n) is 16.1. The first-order chi connectivity index (χ1) is 12.3. The van der Waals surface area contributed by atoms with Crippen LogP contribution in [0, 0.1) is 0 Å². The molecule has 1 aliphatic heterocycles. The predicted octanol–water partition coefficient (Wildman–Crippen LogP) is 3.62. The van der Waals surface area contributed by atoms with E-state index in [4.69, 9.17) is 14.5 Å². The molecule has 5 nitrogen and oxygen atoms in total. The van der Waals surface area contributed by atoms with Crippen LogP contribution in [0.5, 0.6) is 5.75 Å². The summed E-state index contributed by atoms with van der Waals surface area (Å²) in [6.45, 7) is 9.29. The summed E-state index contributed by atoms with van der Waals surface area (Å²) in [5.74, 6) is 3.08. The number of aliphatic imine (C=N–C) groups is 1. The van der Waals surface area contributed by atoms with Crippen molar-refractivity contribution < 1.29 is 9.47 Å². The monoisotopic (exact) mass is 493 g/mol. The largest absolute Gasteiger partial charge is 0.491 e. The van der Waals surface area contributed by atoms with E-state index < -0.39 is 0 Å². The molecule has 1 fully saturated rings. The number of thioether (sulfide) groups is 1. The van der Waals surface area contributed by atoms with Gasteiger partial charge in [-0.05, 0) is 31.0 Å². The lowest BCUT2D eigenvalue weighted by Crippen LogP contribution is -2.48. The van der Waals surface area contributed by atoms with E-state index >= 15 is 0 Å². The molecule has 0 aliphatic carbocycles. The Hall–Kier alpha value is -0.670. The van der Waals surface area contributed by atoms with E-state index in [1.54, 1.807) is 7.11 Å². The Balaban J connectivity index is 0.00000338. The van der Waals surface area contributed by atoms with Gasteiger partial charge < -0.3 is 19.7 Å². The standard InChI is InChI=1S/C19H31N3O2S.HI/c1-4-18-15-22(10-13-25-18)19(20-5-2)21-14-16-6-8-17(9-7-16)24-12-11-23-3;/h6-9,18H,4-5,10-15H2,1-3H3,(H,20,21);1H. The predicted molar refractivity (Wildman–Crippen MR) is 122 cm³/mol. The highest BCUT2D eigenvalue weighted by Gasteiger charge is 2.21. The van der Waals surface area contributed by atoms with E-state index in [2.05, 4.69) is 48.0 Å². The molecule has 1 saturated heterocycles. The topological polar surface area (TPSA) is 46.1 Å². The van der Waals surface area contributed by atoms with Gasteiger partial charge in [-0.1, -0.05) is 19.1 Å². The minimum absolute atomic E-state index is 0. The summed E-state index contributed by atoms with van der Waals surface area (Å²) in [6.07, 6.45) is 1.21. The molecule has 0 saturated carbocycles. The third-order valence-electron chi connectivity index (χ3n) is 4.12. The van der Waals surface area contributed by atoms with E-state index in [0.29, 0.717) is 25.0 Å². The van der Waals surface area contributed by atoms with Crippen LogP contribution in [0.15, 0.2) is 29.3 Å². The number of nitrogens with zero attached hydrogens (tertiary/aromatic N) is 2. The van der Waals surface area contributed by atoms with Crippen LogP contribution in [0.3, 0.4) is 0 Å². The van der Waals surface area contributed by atoms with Crippen molar-refractivity contribution in [2.45, 2.75) is 32.1 Å². The van der Waals surface area contributed by atoms with Crippen LogP contribution in [0.4, 0.5) is 0 Å². The Bertz CT molecular complexity index is 528. The highest BCUT2D eigenvalue weighted by atomic mass is 127. The van der Waals surface area contributed by atoms with E-state index in [0.717, 1.165) is 31.3 Å². The van der Waals surface area contributed by atoms with Crippen molar-refractivity contribution in [3.8, 4) is 5.75 Å². The molecule has 1 aliphatic rings. The average molecular weight is 493 g/mol. The van der Waals surface area contributed by atoms with Gasteiger partial charge in [0.25, 0.3) is 0 Å². The molecule has 7 heteroatoms. The molecule has 0 amide bonds. The number of halogens is 1. The van der Waals surface area contributed by atoms with Crippen molar-refractivity contribution in [2.75, 3.05) is 45.7 Å². The van der Waals surface area contributed by atoms with E-state index in [9.17, 15) is 0 Å². The maximum atomic E-state index is 5.60. The van der Waals surface area contributed by atoms with Gasteiger partial charge in [0.2, 0.25) is 0 Å². The molecule has 1 aromatic carbocycles. The third-order valence-corrected chi connectivity index (χ3v) is 5.49. The second-order valence-electron chi connectivity index (χ2n) is 6.00. The maximum Gasteiger partial charge on any atom is 0.194 e. The lowest BCUT2D eigenvalue weighted by atomic mass is 10.2. The maximum absolute atomic E-state index is 5.60. The average Bonchev–Trinajstić information content (AvgIpc) is 2.66. The molecule has 1 heterocycles. The minimum atomic E-state index is 0. The molecule has 0 radical (unpaired) electrons. The molecule has 1 N–H and O–H groups in total. The quantitative estimate of drug-likeness (QED) is 0.260. The van der Waals surface area contributed by atoms with Gasteiger partial charge in [-0.15, -0.1) is 24.0 Å². The van der Waals surface area contributed by atoms with E-state index in [1.807, 2.05) is 12.1 Å². The van der Waals surface area contributed by atoms with Crippen LogP contribution < -0.4 is 10.1 Å². The molecule has 0 aromatic heterocycles. The molecule has 0 spiro atoms. The van der Waals surface area contributed by atoms with Gasteiger partial charge in [-0.2, -0.15) is 11.8 Å². The molecule has 1 unspecified atom stereocenters. The van der Waals surface area contributed by atoms with Gasteiger partial charge in [-0.3, -0.25) is 0 Å². The highest BCUT2D eigenvalue weighted by Crippen LogP contribution is 2.21.